The Labute approximate surface area is 237 Å². The average molecular weight is 528 g/mol. The molecule has 0 N–H and O–H groups in total. The molecule has 1 aliphatic rings. The van der Waals surface area contributed by atoms with E-state index in [1.807, 2.05) is 36.7 Å². The smallest absolute Gasteiger partial charge is 0.138 e. The number of anilines is 2. The van der Waals surface area contributed by atoms with E-state index in [0.717, 1.165) is 51.6 Å². The Morgan fingerprint density at radius 2 is 1.49 bits per heavy atom. The van der Waals surface area contributed by atoms with Crippen LogP contribution in [-0.4, -0.2) is 21.3 Å². The molecule has 5 nitrogen and oxygen atoms in total. The van der Waals surface area contributed by atoms with Crippen molar-refractivity contribution in [1.82, 2.24) is 14.5 Å². The van der Waals surface area contributed by atoms with Crippen molar-refractivity contribution in [3.8, 4) is 28.1 Å². The summed E-state index contributed by atoms with van der Waals surface area (Å²) in [5.41, 5.74) is 11.2. The minimum Gasteiger partial charge on any atom is -0.335 e. The van der Waals surface area contributed by atoms with Gasteiger partial charge in [-0.15, -0.1) is 0 Å². The van der Waals surface area contributed by atoms with Gasteiger partial charge in [0.15, 0.2) is 0 Å². The molecule has 41 heavy (non-hydrogen) atoms. The van der Waals surface area contributed by atoms with Crippen LogP contribution in [-0.2, 0) is 6.54 Å². The molecule has 5 heteroatoms. The SMILES string of the molecule is C=Nc1ccccc1N1Cc2cc3c4ccccc4n(-c4cc(-c5cccnc5)ccn4)c3cc2-c2ccccc21. The Bertz CT molecular complexity index is 2110. The molecule has 0 radical (unpaired) electrons. The minimum atomic E-state index is 0.739. The fourth-order valence-electron chi connectivity index (χ4n) is 6.18. The molecule has 7 aromatic rings. The van der Waals surface area contributed by atoms with Crippen LogP contribution in [0.2, 0.25) is 0 Å². The lowest BCUT2D eigenvalue weighted by molar-refractivity contribution is 0.962. The highest BCUT2D eigenvalue weighted by Crippen LogP contribution is 2.47. The molecule has 0 aliphatic carbocycles. The van der Waals surface area contributed by atoms with Crippen molar-refractivity contribution in [3.05, 3.63) is 133 Å². The quantitative estimate of drug-likeness (QED) is 0.215. The monoisotopic (exact) mass is 527 g/mol. The summed E-state index contributed by atoms with van der Waals surface area (Å²) in [4.78, 5) is 15.9. The van der Waals surface area contributed by atoms with Gasteiger partial charge in [-0.2, -0.15) is 0 Å². The summed E-state index contributed by atoms with van der Waals surface area (Å²) in [6, 6.07) is 38.4. The predicted molar refractivity (Wildman–Crippen MR) is 169 cm³/mol. The summed E-state index contributed by atoms with van der Waals surface area (Å²) >= 11 is 0. The fraction of sp³-hybridized carbons (Fsp3) is 0.0278. The van der Waals surface area contributed by atoms with Crippen molar-refractivity contribution in [2.24, 2.45) is 4.99 Å². The third-order valence-corrected chi connectivity index (χ3v) is 8.02. The number of pyridine rings is 2. The van der Waals surface area contributed by atoms with Gasteiger partial charge in [0.1, 0.15) is 5.82 Å². The first-order valence-corrected chi connectivity index (χ1v) is 13.7. The molecule has 0 fully saturated rings. The van der Waals surface area contributed by atoms with E-state index in [1.54, 1.807) is 6.20 Å². The Kier molecular flexibility index (Phi) is 5.28. The number of nitrogens with zero attached hydrogens (tertiary/aromatic N) is 5. The van der Waals surface area contributed by atoms with Crippen molar-refractivity contribution in [1.29, 1.82) is 0 Å². The Morgan fingerprint density at radius 1 is 0.659 bits per heavy atom. The number of aromatic nitrogens is 3. The number of aliphatic imine (C=N–C) groups is 1. The predicted octanol–water partition coefficient (Wildman–Crippen LogP) is 8.89. The second-order valence-corrected chi connectivity index (χ2v) is 10.3. The summed E-state index contributed by atoms with van der Waals surface area (Å²) < 4.78 is 2.29. The number of hydrogen-bond donors (Lipinski definition) is 0. The van der Waals surface area contributed by atoms with Crippen molar-refractivity contribution >= 4 is 45.6 Å². The second-order valence-electron chi connectivity index (χ2n) is 10.3. The highest BCUT2D eigenvalue weighted by atomic mass is 15.2. The highest BCUT2D eigenvalue weighted by molar-refractivity contribution is 6.11. The van der Waals surface area contributed by atoms with Crippen molar-refractivity contribution in [2.75, 3.05) is 4.90 Å². The Morgan fingerprint density at radius 3 is 2.37 bits per heavy atom. The normalized spacial score (nSPS) is 12.3. The molecule has 0 spiro atoms. The first kappa shape index (κ1) is 23.3. The van der Waals surface area contributed by atoms with E-state index in [2.05, 4.69) is 111 Å². The molecule has 8 rings (SSSR count). The maximum atomic E-state index is 4.85. The minimum absolute atomic E-state index is 0.739. The second kappa shape index (κ2) is 9.28. The summed E-state index contributed by atoms with van der Waals surface area (Å²) in [5.74, 6) is 0.884. The zero-order valence-corrected chi connectivity index (χ0v) is 22.3. The van der Waals surface area contributed by atoms with Gasteiger partial charge in [-0.3, -0.25) is 14.5 Å². The van der Waals surface area contributed by atoms with Crippen LogP contribution in [0, 0.1) is 0 Å². The van der Waals surface area contributed by atoms with Gasteiger partial charge in [0.25, 0.3) is 0 Å². The van der Waals surface area contributed by atoms with Gasteiger partial charge in [0.05, 0.1) is 22.4 Å². The number of rotatable bonds is 4. The maximum Gasteiger partial charge on any atom is 0.138 e. The molecule has 194 valence electrons. The first-order chi connectivity index (χ1) is 20.3. The lowest BCUT2D eigenvalue weighted by Gasteiger charge is -2.33. The van der Waals surface area contributed by atoms with Crippen LogP contribution in [0.1, 0.15) is 5.56 Å². The molecule has 0 atom stereocenters. The molecule has 0 amide bonds. The molecule has 3 aromatic heterocycles. The van der Waals surface area contributed by atoms with Gasteiger partial charge in [-0.25, -0.2) is 4.98 Å². The molecule has 0 saturated heterocycles. The number of hydrogen-bond acceptors (Lipinski definition) is 4. The van der Waals surface area contributed by atoms with Crippen LogP contribution >= 0.6 is 0 Å². The fourth-order valence-corrected chi connectivity index (χ4v) is 6.18. The summed E-state index contributed by atoms with van der Waals surface area (Å²) in [6.07, 6.45) is 5.58. The van der Waals surface area contributed by atoms with Crippen LogP contribution < -0.4 is 4.90 Å². The van der Waals surface area contributed by atoms with E-state index < -0.39 is 0 Å². The van der Waals surface area contributed by atoms with Crippen LogP contribution in [0.4, 0.5) is 17.1 Å². The summed E-state index contributed by atoms with van der Waals surface area (Å²) in [7, 11) is 0. The zero-order valence-electron chi connectivity index (χ0n) is 22.3. The van der Waals surface area contributed by atoms with E-state index in [0.29, 0.717) is 0 Å². The largest absolute Gasteiger partial charge is 0.335 e. The van der Waals surface area contributed by atoms with Gasteiger partial charge < -0.3 is 4.90 Å². The van der Waals surface area contributed by atoms with Gasteiger partial charge in [0, 0.05) is 52.7 Å². The molecule has 0 unspecified atom stereocenters. The van der Waals surface area contributed by atoms with Crippen molar-refractivity contribution in [3.63, 3.8) is 0 Å². The lowest BCUT2D eigenvalue weighted by Crippen LogP contribution is -2.21. The van der Waals surface area contributed by atoms with Gasteiger partial charge in [-0.05, 0) is 78.0 Å². The van der Waals surface area contributed by atoms with Crippen LogP contribution in [0.3, 0.4) is 0 Å². The third kappa shape index (κ3) is 3.67. The van der Waals surface area contributed by atoms with E-state index in [-0.39, 0.29) is 0 Å². The van der Waals surface area contributed by atoms with Crippen LogP contribution in [0.15, 0.2) is 133 Å². The zero-order chi connectivity index (χ0) is 27.3. The first-order valence-electron chi connectivity index (χ1n) is 13.7. The van der Waals surface area contributed by atoms with Crippen molar-refractivity contribution in [2.45, 2.75) is 6.54 Å². The third-order valence-electron chi connectivity index (χ3n) is 8.02. The van der Waals surface area contributed by atoms with Crippen LogP contribution in [0.5, 0.6) is 0 Å². The maximum absolute atomic E-state index is 4.85. The van der Waals surface area contributed by atoms with Gasteiger partial charge in [-0.1, -0.05) is 54.6 Å². The molecule has 0 bridgehead atoms. The molecule has 4 aromatic carbocycles. The standard InChI is InChI=1S/C36H25N5/c1-37-31-12-4-7-15-34(31)40-23-26-19-30-28-11-3-6-14-33(28)41(35(30)21-29(26)27-10-2-5-13-32(27)40)36-20-24(16-18-39-36)25-9-8-17-38-22-25/h2-22H,1,23H2. The van der Waals surface area contributed by atoms with E-state index in [1.165, 1.54) is 27.5 Å². The molecule has 1 aliphatic heterocycles. The summed E-state index contributed by atoms with van der Waals surface area (Å²) in [6.45, 7) is 4.57. The molecular formula is C36H25N5. The number of benzene rings is 4. The van der Waals surface area contributed by atoms with Gasteiger partial charge >= 0.3 is 0 Å². The lowest BCUT2D eigenvalue weighted by atomic mass is 9.91. The van der Waals surface area contributed by atoms with Gasteiger partial charge in [0.2, 0.25) is 0 Å². The highest BCUT2D eigenvalue weighted by Gasteiger charge is 2.26. The van der Waals surface area contributed by atoms with Crippen LogP contribution in [0.25, 0.3) is 49.9 Å². The van der Waals surface area contributed by atoms with E-state index in [4.69, 9.17) is 4.98 Å². The number of fused-ring (bicyclic) bond motifs is 6. The van der Waals surface area contributed by atoms with E-state index >= 15 is 0 Å². The topological polar surface area (TPSA) is 46.3 Å². The molecule has 4 heterocycles. The summed E-state index contributed by atoms with van der Waals surface area (Å²) in [5, 5.41) is 2.42. The molecule has 0 saturated carbocycles. The van der Waals surface area contributed by atoms with Crippen molar-refractivity contribution < 1.29 is 0 Å². The Hall–Kier alpha value is -5.55. The Balaban J connectivity index is 1.38. The average Bonchev–Trinajstić information content (AvgIpc) is 3.37. The number of para-hydroxylation sites is 4. The van der Waals surface area contributed by atoms with E-state index in [9.17, 15) is 0 Å². The molecular weight excluding hydrogens is 502 g/mol.